The molecule has 0 saturated carbocycles. The molecule has 0 radical (unpaired) electrons. The molecule has 0 spiro atoms. The van der Waals surface area contributed by atoms with Gasteiger partial charge in [-0.1, -0.05) is 0 Å². The van der Waals surface area contributed by atoms with Crippen molar-refractivity contribution in [3.05, 3.63) is 0 Å². The molecular weight excluding hydrogens is 246 g/mol. The molecule has 3 N–H and O–H groups in total. The fourth-order valence-electron chi connectivity index (χ4n) is 1.70. The Bertz CT molecular complexity index is 272. The molecule has 1 aliphatic heterocycles. The van der Waals surface area contributed by atoms with Crippen LogP contribution in [0.25, 0.3) is 0 Å². The largest absolute Gasteiger partial charge is 0.380 e. The van der Waals surface area contributed by atoms with Gasteiger partial charge in [0.25, 0.3) is 0 Å². The van der Waals surface area contributed by atoms with Crippen LogP contribution in [-0.4, -0.2) is 55.6 Å². The van der Waals surface area contributed by atoms with E-state index in [9.17, 15) is 9.59 Å². The number of methoxy groups -OCH3 is 1. The summed E-state index contributed by atoms with van der Waals surface area (Å²) in [5.74, 6) is -0.194. The molecule has 17 heavy (non-hydrogen) atoms. The van der Waals surface area contributed by atoms with Gasteiger partial charge in [0.1, 0.15) is 6.04 Å². The molecule has 0 aliphatic carbocycles. The number of hydrogen-bond acceptors (Lipinski definition) is 4. The summed E-state index contributed by atoms with van der Waals surface area (Å²) in [4.78, 5) is 24.8. The number of carbonyl (C=O) groups excluding carboxylic acids is 2. The monoisotopic (exact) mass is 265 g/mol. The molecule has 7 heteroatoms. The number of nitrogens with zero attached hydrogens (tertiary/aromatic N) is 1. The van der Waals surface area contributed by atoms with E-state index in [1.54, 1.807) is 11.8 Å². The Labute approximate surface area is 107 Å². The predicted molar refractivity (Wildman–Crippen MR) is 65.9 cm³/mol. The first kappa shape index (κ1) is 16.1. The predicted octanol–water partition coefficient (Wildman–Crippen LogP) is -0.881. The number of amides is 2. The Hall–Kier alpha value is -0.850. The van der Waals surface area contributed by atoms with E-state index in [4.69, 9.17) is 10.5 Å². The molecule has 1 heterocycles. The summed E-state index contributed by atoms with van der Waals surface area (Å²) in [6, 6.07) is -0.406. The maximum Gasteiger partial charge on any atom is 0.242 e. The number of hydrogen-bond donors (Lipinski definition) is 2. The van der Waals surface area contributed by atoms with Gasteiger partial charge in [-0.25, -0.2) is 0 Å². The van der Waals surface area contributed by atoms with Crippen molar-refractivity contribution in [2.75, 3.05) is 26.7 Å². The van der Waals surface area contributed by atoms with Crippen LogP contribution in [0.1, 0.15) is 13.3 Å². The Morgan fingerprint density at radius 3 is 2.88 bits per heavy atom. The Kier molecular flexibility index (Phi) is 7.10. The molecule has 0 aromatic carbocycles. The van der Waals surface area contributed by atoms with E-state index in [1.165, 1.54) is 7.11 Å². The first-order valence-corrected chi connectivity index (χ1v) is 5.40. The second-order valence-corrected chi connectivity index (χ2v) is 3.85. The van der Waals surface area contributed by atoms with Crippen molar-refractivity contribution in [2.45, 2.75) is 25.5 Å². The maximum atomic E-state index is 11.9. The summed E-state index contributed by atoms with van der Waals surface area (Å²) in [7, 11) is 1.52. The molecule has 1 rings (SSSR count). The van der Waals surface area contributed by atoms with Crippen LogP contribution in [0.5, 0.6) is 0 Å². The van der Waals surface area contributed by atoms with Gasteiger partial charge in [0.2, 0.25) is 11.8 Å². The minimum Gasteiger partial charge on any atom is -0.380 e. The summed E-state index contributed by atoms with van der Waals surface area (Å²) in [6.45, 7) is 3.08. The van der Waals surface area contributed by atoms with Crippen LogP contribution < -0.4 is 11.1 Å². The van der Waals surface area contributed by atoms with Crippen molar-refractivity contribution in [2.24, 2.45) is 5.73 Å². The first-order valence-electron chi connectivity index (χ1n) is 5.40. The van der Waals surface area contributed by atoms with E-state index in [0.29, 0.717) is 19.6 Å². The second-order valence-electron chi connectivity index (χ2n) is 3.85. The third-order valence-electron chi connectivity index (χ3n) is 2.82. The van der Waals surface area contributed by atoms with E-state index in [1.807, 2.05) is 0 Å². The average molecular weight is 266 g/mol. The van der Waals surface area contributed by atoms with Crippen LogP contribution >= 0.6 is 12.4 Å². The van der Waals surface area contributed by atoms with Crippen molar-refractivity contribution in [3.8, 4) is 0 Å². The standard InChI is InChI=1S/C10H19N3O3.ClH/c1-7-10(15)12-3-4-13(7)9(14)5-8(6-11)16-2;/h7-8H,3-6,11H2,1-2H3,(H,12,15);1H. The topological polar surface area (TPSA) is 84.7 Å². The number of rotatable bonds is 4. The Morgan fingerprint density at radius 2 is 2.35 bits per heavy atom. The minimum atomic E-state index is -0.406. The molecule has 2 amide bonds. The zero-order valence-corrected chi connectivity index (χ0v) is 11.0. The van der Waals surface area contributed by atoms with Crippen molar-refractivity contribution in [1.82, 2.24) is 10.2 Å². The van der Waals surface area contributed by atoms with Crippen LogP contribution in [0.4, 0.5) is 0 Å². The van der Waals surface area contributed by atoms with Crippen molar-refractivity contribution in [1.29, 1.82) is 0 Å². The summed E-state index contributed by atoms with van der Waals surface area (Å²) in [6.07, 6.45) is -0.0466. The third kappa shape index (κ3) is 4.14. The maximum absolute atomic E-state index is 11.9. The highest BCUT2D eigenvalue weighted by Gasteiger charge is 2.29. The van der Waals surface area contributed by atoms with Gasteiger partial charge in [-0.05, 0) is 6.92 Å². The lowest BCUT2D eigenvalue weighted by Gasteiger charge is -2.33. The van der Waals surface area contributed by atoms with Gasteiger partial charge >= 0.3 is 0 Å². The fraction of sp³-hybridized carbons (Fsp3) is 0.800. The molecule has 100 valence electrons. The van der Waals surface area contributed by atoms with Crippen LogP contribution in [0.3, 0.4) is 0 Å². The van der Waals surface area contributed by atoms with Gasteiger partial charge in [0.05, 0.1) is 12.5 Å². The quantitative estimate of drug-likeness (QED) is 0.691. The van der Waals surface area contributed by atoms with Gasteiger partial charge in [-0.2, -0.15) is 0 Å². The lowest BCUT2D eigenvalue weighted by atomic mass is 10.1. The fourth-order valence-corrected chi connectivity index (χ4v) is 1.70. The van der Waals surface area contributed by atoms with Gasteiger partial charge in [-0.15, -0.1) is 12.4 Å². The van der Waals surface area contributed by atoms with Gasteiger partial charge in [0.15, 0.2) is 0 Å². The smallest absolute Gasteiger partial charge is 0.242 e. The molecule has 1 saturated heterocycles. The number of nitrogens with two attached hydrogens (primary N) is 1. The molecule has 1 fully saturated rings. The molecule has 1 aliphatic rings. The third-order valence-corrected chi connectivity index (χ3v) is 2.82. The van der Waals surface area contributed by atoms with E-state index in [0.717, 1.165) is 0 Å². The van der Waals surface area contributed by atoms with E-state index < -0.39 is 6.04 Å². The van der Waals surface area contributed by atoms with Gasteiger partial charge in [-0.3, -0.25) is 9.59 Å². The lowest BCUT2D eigenvalue weighted by molar-refractivity contribution is -0.144. The van der Waals surface area contributed by atoms with Crippen molar-refractivity contribution < 1.29 is 14.3 Å². The van der Waals surface area contributed by atoms with Crippen molar-refractivity contribution in [3.63, 3.8) is 0 Å². The number of piperazine rings is 1. The molecule has 2 unspecified atom stereocenters. The minimum absolute atomic E-state index is 0. The van der Waals surface area contributed by atoms with Crippen molar-refractivity contribution >= 4 is 24.2 Å². The van der Waals surface area contributed by atoms with Gasteiger partial charge < -0.3 is 20.7 Å². The average Bonchev–Trinajstić information content (AvgIpc) is 2.29. The highest BCUT2D eigenvalue weighted by Crippen LogP contribution is 2.08. The summed E-state index contributed by atoms with van der Waals surface area (Å²) in [5, 5.41) is 2.71. The molecule has 0 aromatic heterocycles. The Balaban J connectivity index is 0.00000256. The summed E-state index contributed by atoms with van der Waals surface area (Å²) >= 11 is 0. The molecule has 6 nitrogen and oxygen atoms in total. The molecular formula is C10H20ClN3O3. The van der Waals surface area contributed by atoms with Crippen LogP contribution in [0, 0.1) is 0 Å². The summed E-state index contributed by atoms with van der Waals surface area (Å²) < 4.78 is 5.05. The van der Waals surface area contributed by atoms with Gasteiger partial charge in [0, 0.05) is 26.7 Å². The highest BCUT2D eigenvalue weighted by atomic mass is 35.5. The van der Waals surface area contributed by atoms with E-state index >= 15 is 0 Å². The highest BCUT2D eigenvalue weighted by molar-refractivity contribution is 5.88. The number of halogens is 1. The van der Waals surface area contributed by atoms with E-state index in [2.05, 4.69) is 5.32 Å². The normalized spacial score (nSPS) is 21.5. The number of nitrogens with one attached hydrogen (secondary N) is 1. The lowest BCUT2D eigenvalue weighted by Crippen LogP contribution is -2.56. The van der Waals surface area contributed by atoms with Crippen LogP contribution in [0.15, 0.2) is 0 Å². The number of carbonyl (C=O) groups is 2. The van der Waals surface area contributed by atoms with Crippen LogP contribution in [-0.2, 0) is 14.3 Å². The molecule has 0 bridgehead atoms. The zero-order chi connectivity index (χ0) is 12.1. The second kappa shape index (κ2) is 7.47. The Morgan fingerprint density at radius 1 is 1.71 bits per heavy atom. The summed E-state index contributed by atoms with van der Waals surface area (Å²) in [5.41, 5.74) is 5.45. The first-order chi connectivity index (χ1) is 7.60. The SMILES string of the molecule is COC(CN)CC(=O)N1CCNC(=O)C1C.Cl. The molecule has 2 atom stereocenters. The number of ether oxygens (including phenoxy) is 1. The molecule has 0 aromatic rings. The van der Waals surface area contributed by atoms with E-state index in [-0.39, 0.29) is 36.7 Å². The van der Waals surface area contributed by atoms with Crippen LogP contribution in [0.2, 0.25) is 0 Å². The zero-order valence-electron chi connectivity index (χ0n) is 10.1.